The maximum absolute atomic E-state index is 15.5. The molecule has 0 aliphatic carbocycles. The van der Waals surface area contributed by atoms with Crippen molar-refractivity contribution in [3.05, 3.63) is 60.0 Å². The van der Waals surface area contributed by atoms with E-state index in [9.17, 15) is 0 Å². The van der Waals surface area contributed by atoms with Crippen LogP contribution in [0.3, 0.4) is 0 Å². The first-order valence-corrected chi connectivity index (χ1v) is 28.5. The number of aromatic nitrogens is 3. The molecule has 0 spiro atoms. The van der Waals surface area contributed by atoms with Crippen molar-refractivity contribution >= 4 is 35.1 Å². The van der Waals surface area contributed by atoms with E-state index in [0.29, 0.717) is 26.7 Å². The van der Waals surface area contributed by atoms with Crippen LogP contribution < -0.4 is 4.74 Å². The van der Waals surface area contributed by atoms with Crippen molar-refractivity contribution in [2.45, 2.75) is 104 Å². The molecule has 0 N–H and O–H groups in total. The molecule has 0 bridgehead atoms. The molecular formula is C37H58FN3O4Si3. The van der Waals surface area contributed by atoms with Gasteiger partial charge in [-0.05, 0) is 77.6 Å². The lowest BCUT2D eigenvalue weighted by Gasteiger charge is -2.16. The lowest BCUT2D eigenvalue weighted by molar-refractivity contribution is 0.0197. The number of aryl methyl sites for hydroxylation is 1. The first-order valence-electron chi connectivity index (χ1n) is 17.4. The molecule has 0 atom stereocenters. The van der Waals surface area contributed by atoms with Crippen LogP contribution in [0, 0.1) is 5.82 Å². The minimum atomic E-state index is -1.24. The molecule has 0 amide bonds. The van der Waals surface area contributed by atoms with Crippen molar-refractivity contribution in [3.8, 4) is 28.3 Å². The number of benzene rings is 2. The number of halogens is 1. The summed E-state index contributed by atoms with van der Waals surface area (Å²) in [5, 5.41) is 6.11. The lowest BCUT2D eigenvalue weighted by atomic mass is 9.96. The van der Waals surface area contributed by atoms with Gasteiger partial charge in [0.2, 0.25) is 0 Å². The van der Waals surface area contributed by atoms with Crippen molar-refractivity contribution in [3.63, 3.8) is 0 Å². The maximum Gasteiger partial charge on any atom is 0.189 e. The Balaban J connectivity index is 1.63. The second-order valence-electron chi connectivity index (χ2n) is 16.4. The van der Waals surface area contributed by atoms with Gasteiger partial charge in [-0.2, -0.15) is 5.10 Å². The topological polar surface area (TPSA) is 59.7 Å². The third kappa shape index (κ3) is 11.2. The molecule has 2 aromatic heterocycles. The summed E-state index contributed by atoms with van der Waals surface area (Å²) >= 11 is 0. The number of ether oxygens (including phenoxy) is 4. The molecule has 0 radical (unpaired) electrons. The molecule has 2 aromatic carbocycles. The zero-order chi connectivity index (χ0) is 35.1. The molecule has 11 heteroatoms. The smallest absolute Gasteiger partial charge is 0.189 e. The number of nitrogens with zero attached hydrogens (tertiary/aromatic N) is 3. The van der Waals surface area contributed by atoms with E-state index in [1.54, 1.807) is 6.07 Å². The van der Waals surface area contributed by atoms with E-state index >= 15 is 4.39 Å². The predicted molar refractivity (Wildman–Crippen MR) is 206 cm³/mol. The maximum atomic E-state index is 15.5. The number of hydrogen-bond acceptors (Lipinski definition) is 5. The highest BCUT2D eigenvalue weighted by molar-refractivity contribution is 6.76. The molecule has 264 valence electrons. The van der Waals surface area contributed by atoms with E-state index in [2.05, 4.69) is 94.7 Å². The van der Waals surface area contributed by atoms with Crippen molar-refractivity contribution < 1.29 is 23.3 Å². The van der Waals surface area contributed by atoms with Crippen LogP contribution in [-0.2, 0) is 34.1 Å². The molecule has 0 saturated carbocycles. The molecular weight excluding hydrogens is 654 g/mol. The van der Waals surface area contributed by atoms with Gasteiger partial charge in [0, 0.05) is 55.6 Å². The van der Waals surface area contributed by atoms with Gasteiger partial charge in [0.15, 0.2) is 18.4 Å². The van der Waals surface area contributed by atoms with Crippen molar-refractivity contribution in [2.24, 2.45) is 0 Å². The molecule has 0 aliphatic heterocycles. The van der Waals surface area contributed by atoms with Gasteiger partial charge in [0.25, 0.3) is 0 Å². The van der Waals surface area contributed by atoms with Crippen LogP contribution in [0.25, 0.3) is 33.4 Å². The summed E-state index contributed by atoms with van der Waals surface area (Å²) in [6.07, 6.45) is 2.78. The standard InChI is InChI=1S/C37H58FN3O4Si3/c1-11-29-24-36(45-28-44-19-22-48(8,9)10)33(38)25-32(29)30-14-15-31-35(23-30)41(27-43-18-21-47(5,6)7)39-37(31)34-13-12-16-40(34)26-42-17-20-46(2,3)4/h12-16,23-25H,11,17-22,26-28H2,1-10H3. The van der Waals surface area contributed by atoms with Gasteiger partial charge >= 0.3 is 0 Å². The van der Waals surface area contributed by atoms with Crippen LogP contribution in [-0.4, -0.2) is 65.2 Å². The van der Waals surface area contributed by atoms with Gasteiger partial charge in [-0.3, -0.25) is 0 Å². The zero-order valence-corrected chi connectivity index (χ0v) is 34.0. The van der Waals surface area contributed by atoms with E-state index in [0.717, 1.165) is 70.1 Å². The van der Waals surface area contributed by atoms with E-state index < -0.39 is 30.0 Å². The molecule has 7 nitrogen and oxygen atoms in total. The SMILES string of the molecule is CCc1cc(OCOCC[Si](C)(C)C)c(F)cc1-c1ccc2c(-c3cccn3COCC[Si](C)(C)C)nn(COCC[Si](C)(C)C)c2c1. The van der Waals surface area contributed by atoms with Gasteiger partial charge in [-0.25, -0.2) is 9.07 Å². The predicted octanol–water partition coefficient (Wildman–Crippen LogP) is 10.2. The summed E-state index contributed by atoms with van der Waals surface area (Å²) in [6, 6.07) is 17.1. The van der Waals surface area contributed by atoms with Crippen LogP contribution >= 0.6 is 0 Å². The number of rotatable bonds is 19. The van der Waals surface area contributed by atoms with Gasteiger partial charge in [-0.1, -0.05) is 71.9 Å². The van der Waals surface area contributed by atoms with E-state index in [4.69, 9.17) is 24.0 Å². The largest absolute Gasteiger partial charge is 0.464 e. The fraction of sp³-hybridized carbons (Fsp3) is 0.541. The quantitative estimate of drug-likeness (QED) is 0.0551. The third-order valence-electron chi connectivity index (χ3n) is 8.40. The summed E-state index contributed by atoms with van der Waals surface area (Å²) in [6.45, 7) is 26.1. The van der Waals surface area contributed by atoms with Gasteiger partial charge in [0.1, 0.15) is 19.2 Å². The van der Waals surface area contributed by atoms with Gasteiger partial charge < -0.3 is 23.5 Å². The third-order valence-corrected chi connectivity index (χ3v) is 13.5. The second-order valence-corrected chi connectivity index (χ2v) is 33.3. The van der Waals surface area contributed by atoms with Crippen molar-refractivity contribution in [2.75, 3.05) is 26.6 Å². The Morgan fingerprint density at radius 1 is 0.750 bits per heavy atom. The van der Waals surface area contributed by atoms with Crippen molar-refractivity contribution in [1.29, 1.82) is 0 Å². The van der Waals surface area contributed by atoms with Crippen LogP contribution in [0.15, 0.2) is 48.7 Å². The molecule has 4 rings (SSSR count). The Morgan fingerprint density at radius 2 is 1.38 bits per heavy atom. The van der Waals surface area contributed by atoms with E-state index in [-0.39, 0.29) is 12.5 Å². The van der Waals surface area contributed by atoms with Gasteiger partial charge in [0.05, 0.1) is 11.2 Å². The first kappa shape index (κ1) is 38.3. The summed E-state index contributed by atoms with van der Waals surface area (Å²) in [4.78, 5) is 0. The van der Waals surface area contributed by atoms with Crippen LogP contribution in [0.1, 0.15) is 12.5 Å². The average Bonchev–Trinajstić information content (AvgIpc) is 3.60. The fourth-order valence-electron chi connectivity index (χ4n) is 5.25. The highest BCUT2D eigenvalue weighted by Crippen LogP contribution is 2.35. The minimum Gasteiger partial charge on any atom is -0.464 e. The normalized spacial score (nSPS) is 12.7. The fourth-order valence-corrected chi connectivity index (χ4v) is 7.52. The molecule has 0 fully saturated rings. The molecule has 0 unspecified atom stereocenters. The summed E-state index contributed by atoms with van der Waals surface area (Å²) < 4.78 is 43.2. The summed E-state index contributed by atoms with van der Waals surface area (Å²) in [5.41, 5.74) is 5.60. The lowest BCUT2D eigenvalue weighted by Crippen LogP contribution is -2.22. The Labute approximate surface area is 290 Å². The molecule has 48 heavy (non-hydrogen) atoms. The Morgan fingerprint density at radius 3 is 2.00 bits per heavy atom. The molecule has 0 saturated heterocycles. The zero-order valence-electron chi connectivity index (χ0n) is 31.0. The number of fused-ring (bicyclic) bond motifs is 1. The highest BCUT2D eigenvalue weighted by atomic mass is 28.3. The van der Waals surface area contributed by atoms with Crippen LogP contribution in [0.4, 0.5) is 4.39 Å². The Kier molecular flexibility index (Phi) is 13.1. The second kappa shape index (κ2) is 16.4. The van der Waals surface area contributed by atoms with Gasteiger partial charge in [-0.15, -0.1) is 0 Å². The molecule has 4 aromatic rings. The first-order chi connectivity index (χ1) is 22.5. The van der Waals surface area contributed by atoms with E-state index in [1.165, 1.54) is 0 Å². The number of hydrogen-bond donors (Lipinski definition) is 0. The molecule has 0 aliphatic rings. The van der Waals surface area contributed by atoms with Crippen LogP contribution in [0.2, 0.25) is 77.1 Å². The Hall–Kier alpha value is -2.55. The summed E-state index contributed by atoms with van der Waals surface area (Å²) in [7, 11) is -3.62. The minimum absolute atomic E-state index is 0.0423. The van der Waals surface area contributed by atoms with Crippen LogP contribution in [0.5, 0.6) is 5.75 Å². The summed E-state index contributed by atoms with van der Waals surface area (Å²) in [5.74, 6) is -0.174. The Bertz CT molecular complexity index is 1630. The molecule has 2 heterocycles. The van der Waals surface area contributed by atoms with Crippen molar-refractivity contribution in [1.82, 2.24) is 14.3 Å². The monoisotopic (exact) mass is 711 g/mol. The highest BCUT2D eigenvalue weighted by Gasteiger charge is 2.20. The average molecular weight is 712 g/mol. The van der Waals surface area contributed by atoms with E-state index in [1.807, 2.05) is 23.0 Å².